The number of pyridine rings is 1. The van der Waals surface area contributed by atoms with E-state index in [2.05, 4.69) is 10.3 Å². The lowest BCUT2D eigenvalue weighted by atomic mass is 10.1. The molecule has 1 aromatic heterocycles. The highest BCUT2D eigenvalue weighted by Gasteiger charge is 2.17. The first-order chi connectivity index (χ1) is 14.3. The highest BCUT2D eigenvalue weighted by atomic mass is 35.5. The molecule has 0 saturated carbocycles. The van der Waals surface area contributed by atoms with Crippen molar-refractivity contribution in [2.75, 3.05) is 25.1 Å². The maximum absolute atomic E-state index is 12.3. The maximum atomic E-state index is 12.3. The van der Waals surface area contributed by atoms with Crippen molar-refractivity contribution in [1.82, 2.24) is 4.98 Å². The Morgan fingerprint density at radius 2 is 1.87 bits per heavy atom. The van der Waals surface area contributed by atoms with Gasteiger partial charge in [-0.2, -0.15) is 0 Å². The van der Waals surface area contributed by atoms with E-state index in [1.807, 2.05) is 0 Å². The lowest BCUT2D eigenvalue weighted by molar-refractivity contribution is -0.147. The number of ether oxygens (including phenoxy) is 3. The van der Waals surface area contributed by atoms with Gasteiger partial charge in [0.15, 0.2) is 29.7 Å². The Morgan fingerprint density at radius 3 is 2.63 bits per heavy atom. The summed E-state index contributed by atoms with van der Waals surface area (Å²) in [6, 6.07) is 4.85. The number of amides is 1. The van der Waals surface area contributed by atoms with Gasteiger partial charge in [0.1, 0.15) is 13.2 Å². The van der Waals surface area contributed by atoms with E-state index in [1.165, 1.54) is 6.20 Å². The molecule has 1 aliphatic heterocycles. The second kappa shape index (κ2) is 9.77. The number of anilines is 1. The molecule has 0 bridgehead atoms. The third kappa shape index (κ3) is 5.40. The first-order valence-electron chi connectivity index (χ1n) is 9.04. The third-order valence-corrected chi connectivity index (χ3v) is 5.09. The number of esters is 1. The van der Waals surface area contributed by atoms with Gasteiger partial charge >= 0.3 is 5.97 Å². The van der Waals surface area contributed by atoms with Crippen LogP contribution in [0.15, 0.2) is 24.4 Å². The number of Topliss-reactive ketones (excluding diaryl/α,β-unsaturated/α-hetero) is 1. The van der Waals surface area contributed by atoms with Crippen LogP contribution in [-0.2, 0) is 14.3 Å². The Bertz CT molecular complexity index is 996. The number of benzene rings is 1. The molecule has 0 spiro atoms. The molecule has 0 fully saturated rings. The van der Waals surface area contributed by atoms with Crippen molar-refractivity contribution in [3.63, 3.8) is 0 Å². The molecular weight excluding hydrogens is 435 g/mol. The van der Waals surface area contributed by atoms with Crippen LogP contribution in [0.2, 0.25) is 10.0 Å². The molecule has 1 N–H and O–H groups in total. The molecular formula is C20H18Cl2N2O6. The van der Waals surface area contributed by atoms with Crippen molar-refractivity contribution in [2.45, 2.75) is 19.8 Å². The Labute approximate surface area is 182 Å². The molecule has 1 amide bonds. The average Bonchev–Trinajstić information content (AvgIpc) is 2.76. The highest BCUT2D eigenvalue weighted by molar-refractivity contribution is 6.37. The molecule has 0 saturated heterocycles. The number of ketones is 1. The normalized spacial score (nSPS) is 12.2. The fraction of sp³-hybridized carbons (Fsp3) is 0.300. The molecule has 2 aromatic rings. The van der Waals surface area contributed by atoms with E-state index < -0.39 is 18.5 Å². The molecule has 158 valence electrons. The van der Waals surface area contributed by atoms with Gasteiger partial charge in [0.05, 0.1) is 16.5 Å². The number of rotatable bonds is 7. The first-order valence-corrected chi connectivity index (χ1v) is 9.79. The minimum Gasteiger partial charge on any atom is -0.486 e. The SMILES string of the molecule is Cc1c(Cl)cnc(NC(=O)COC(=O)CCC(=O)c2ccc3c(c2)OCCO3)c1Cl. The molecule has 2 heterocycles. The largest absolute Gasteiger partial charge is 0.486 e. The number of carbonyl (C=O) groups excluding carboxylic acids is 3. The van der Waals surface area contributed by atoms with Gasteiger partial charge in [-0.05, 0) is 30.7 Å². The van der Waals surface area contributed by atoms with E-state index >= 15 is 0 Å². The molecule has 1 aliphatic rings. The zero-order valence-corrected chi connectivity index (χ0v) is 17.5. The van der Waals surface area contributed by atoms with E-state index in [-0.39, 0.29) is 29.5 Å². The van der Waals surface area contributed by atoms with Crippen LogP contribution in [0.1, 0.15) is 28.8 Å². The first kappa shape index (κ1) is 21.9. The number of nitrogens with one attached hydrogen (secondary N) is 1. The lowest BCUT2D eigenvalue weighted by Crippen LogP contribution is -2.22. The summed E-state index contributed by atoms with van der Waals surface area (Å²) in [6.07, 6.45) is 1.12. The maximum Gasteiger partial charge on any atom is 0.306 e. The van der Waals surface area contributed by atoms with E-state index in [0.29, 0.717) is 40.9 Å². The molecule has 1 aromatic carbocycles. The number of hydrogen-bond acceptors (Lipinski definition) is 7. The van der Waals surface area contributed by atoms with Crippen LogP contribution in [0, 0.1) is 6.92 Å². The van der Waals surface area contributed by atoms with Gasteiger partial charge in [-0.15, -0.1) is 0 Å². The predicted molar refractivity (Wildman–Crippen MR) is 110 cm³/mol. The van der Waals surface area contributed by atoms with E-state index in [1.54, 1.807) is 25.1 Å². The summed E-state index contributed by atoms with van der Waals surface area (Å²) in [5, 5.41) is 3.01. The Kier molecular flexibility index (Phi) is 7.12. The standard InChI is InChI=1S/C20H18Cl2N2O6/c1-11-13(21)9-23-20(19(11)22)24-17(26)10-30-18(27)5-3-14(25)12-2-4-15-16(8-12)29-7-6-28-15/h2,4,8-9H,3,5-7,10H2,1H3,(H,23,24,26). The quantitative estimate of drug-likeness (QED) is 0.505. The Balaban J connectivity index is 1.45. The van der Waals surface area contributed by atoms with Crippen LogP contribution in [-0.4, -0.2) is 42.5 Å². The van der Waals surface area contributed by atoms with Crippen LogP contribution in [0.5, 0.6) is 11.5 Å². The van der Waals surface area contributed by atoms with Crippen LogP contribution < -0.4 is 14.8 Å². The van der Waals surface area contributed by atoms with Gasteiger partial charge in [0, 0.05) is 18.2 Å². The van der Waals surface area contributed by atoms with Crippen LogP contribution >= 0.6 is 23.2 Å². The molecule has 0 atom stereocenters. The number of nitrogens with zero attached hydrogens (tertiary/aromatic N) is 1. The van der Waals surface area contributed by atoms with Gasteiger partial charge in [-0.25, -0.2) is 4.98 Å². The summed E-state index contributed by atoms with van der Waals surface area (Å²) in [5.74, 6) is -0.348. The summed E-state index contributed by atoms with van der Waals surface area (Å²) in [6.45, 7) is 2.02. The monoisotopic (exact) mass is 452 g/mol. The molecule has 3 rings (SSSR count). The summed E-state index contributed by atoms with van der Waals surface area (Å²) < 4.78 is 15.7. The predicted octanol–water partition coefficient (Wildman–Crippen LogP) is 3.61. The van der Waals surface area contributed by atoms with Crippen LogP contribution in [0.4, 0.5) is 5.82 Å². The molecule has 8 nitrogen and oxygen atoms in total. The molecule has 0 aliphatic carbocycles. The Hall–Kier alpha value is -2.84. The van der Waals surface area contributed by atoms with E-state index in [4.69, 9.17) is 37.4 Å². The fourth-order valence-electron chi connectivity index (χ4n) is 2.61. The second-order valence-corrected chi connectivity index (χ2v) is 7.17. The third-order valence-electron chi connectivity index (χ3n) is 4.24. The van der Waals surface area contributed by atoms with Crippen molar-refractivity contribution in [3.8, 4) is 11.5 Å². The van der Waals surface area contributed by atoms with E-state index in [0.717, 1.165) is 0 Å². The topological polar surface area (TPSA) is 104 Å². The minimum absolute atomic E-state index is 0.0656. The molecule has 10 heteroatoms. The number of hydrogen-bond donors (Lipinski definition) is 1. The van der Waals surface area contributed by atoms with Gasteiger partial charge in [0.25, 0.3) is 5.91 Å². The van der Waals surface area contributed by atoms with Crippen molar-refractivity contribution in [2.24, 2.45) is 0 Å². The zero-order valence-electron chi connectivity index (χ0n) is 16.0. The second-order valence-electron chi connectivity index (χ2n) is 6.38. The number of carbonyl (C=O) groups is 3. The molecule has 0 radical (unpaired) electrons. The van der Waals surface area contributed by atoms with Crippen molar-refractivity contribution < 1.29 is 28.6 Å². The van der Waals surface area contributed by atoms with Crippen molar-refractivity contribution in [1.29, 1.82) is 0 Å². The molecule has 30 heavy (non-hydrogen) atoms. The smallest absolute Gasteiger partial charge is 0.306 e. The lowest BCUT2D eigenvalue weighted by Gasteiger charge is -2.18. The summed E-state index contributed by atoms with van der Waals surface area (Å²) in [4.78, 5) is 40.0. The van der Waals surface area contributed by atoms with Gasteiger partial charge < -0.3 is 19.5 Å². The summed E-state index contributed by atoms with van der Waals surface area (Å²) >= 11 is 12.0. The minimum atomic E-state index is -0.678. The Morgan fingerprint density at radius 1 is 1.13 bits per heavy atom. The van der Waals surface area contributed by atoms with Crippen LogP contribution in [0.25, 0.3) is 0 Å². The number of halogens is 2. The van der Waals surface area contributed by atoms with Crippen LogP contribution in [0.3, 0.4) is 0 Å². The van der Waals surface area contributed by atoms with Crippen molar-refractivity contribution in [3.05, 3.63) is 45.6 Å². The summed E-state index contributed by atoms with van der Waals surface area (Å²) in [5.41, 5.74) is 0.974. The number of fused-ring (bicyclic) bond motifs is 1. The van der Waals surface area contributed by atoms with Crippen molar-refractivity contribution >= 4 is 46.7 Å². The fourth-order valence-corrected chi connectivity index (χ4v) is 3.00. The summed E-state index contributed by atoms with van der Waals surface area (Å²) in [7, 11) is 0. The average molecular weight is 453 g/mol. The van der Waals surface area contributed by atoms with Gasteiger partial charge in [-0.3, -0.25) is 14.4 Å². The van der Waals surface area contributed by atoms with Gasteiger partial charge in [0.2, 0.25) is 0 Å². The number of aromatic nitrogens is 1. The van der Waals surface area contributed by atoms with Gasteiger partial charge in [-0.1, -0.05) is 23.2 Å². The molecule has 0 unspecified atom stereocenters. The van der Waals surface area contributed by atoms with E-state index in [9.17, 15) is 14.4 Å². The zero-order chi connectivity index (χ0) is 21.7. The highest BCUT2D eigenvalue weighted by Crippen LogP contribution is 2.31.